The van der Waals surface area contributed by atoms with Gasteiger partial charge in [-0.2, -0.15) is 5.21 Å². The maximum atomic E-state index is 13.2. The number of unbranched alkanes of at least 4 members (excludes halogenated alkanes) is 3. The summed E-state index contributed by atoms with van der Waals surface area (Å²) in [5.41, 5.74) is 4.20. The number of aromatic nitrogens is 7. The molecular weight excluding hydrogens is 462 g/mol. The number of aryl methyl sites for hydroxylation is 1. The second kappa shape index (κ2) is 12.0. The van der Waals surface area contributed by atoms with Crippen LogP contribution in [0.2, 0.25) is 0 Å². The maximum absolute atomic E-state index is 13.2. The van der Waals surface area contributed by atoms with Gasteiger partial charge < -0.3 is 0 Å². The van der Waals surface area contributed by atoms with E-state index in [1.54, 1.807) is 0 Å². The highest BCUT2D eigenvalue weighted by Gasteiger charge is 2.26. The van der Waals surface area contributed by atoms with Crippen molar-refractivity contribution >= 4 is 5.78 Å². The first kappa shape index (κ1) is 25.0. The molecule has 1 N–H and O–H groups in total. The Morgan fingerprint density at radius 1 is 0.973 bits per heavy atom. The lowest BCUT2D eigenvalue weighted by atomic mass is 9.86. The molecule has 0 aliphatic heterocycles. The second-order valence-electron chi connectivity index (χ2n) is 9.99. The van der Waals surface area contributed by atoms with E-state index in [1.807, 2.05) is 22.9 Å². The van der Waals surface area contributed by atoms with Gasteiger partial charge in [-0.15, -0.1) is 15.3 Å². The van der Waals surface area contributed by atoms with Gasteiger partial charge in [0.25, 0.3) is 0 Å². The van der Waals surface area contributed by atoms with E-state index in [0.29, 0.717) is 18.1 Å². The molecule has 0 bridgehead atoms. The summed E-state index contributed by atoms with van der Waals surface area (Å²) in [6, 6.07) is 16.5. The molecule has 8 nitrogen and oxygen atoms in total. The number of hydrogen-bond donors (Lipinski definition) is 1. The van der Waals surface area contributed by atoms with Gasteiger partial charge in [0.1, 0.15) is 5.82 Å². The van der Waals surface area contributed by atoms with E-state index in [4.69, 9.17) is 10.1 Å². The summed E-state index contributed by atoms with van der Waals surface area (Å²) in [5.74, 6) is 2.06. The number of H-pyrrole nitrogens is 1. The van der Waals surface area contributed by atoms with E-state index < -0.39 is 0 Å². The molecule has 0 atom stereocenters. The Hall–Kier alpha value is -3.68. The molecule has 1 saturated carbocycles. The number of benzene rings is 2. The average Bonchev–Trinajstić information content (AvgIpc) is 3.62. The van der Waals surface area contributed by atoms with Crippen LogP contribution in [0.1, 0.15) is 86.7 Å². The van der Waals surface area contributed by atoms with E-state index in [9.17, 15) is 4.79 Å². The number of tetrazole rings is 1. The van der Waals surface area contributed by atoms with Crippen molar-refractivity contribution < 1.29 is 4.79 Å². The number of nitrogens with one attached hydrogen (secondary N) is 1. The highest BCUT2D eigenvalue weighted by atomic mass is 16.1. The lowest BCUT2D eigenvalue weighted by molar-refractivity contribution is 0.0878. The molecular formula is C29H35N7O. The van der Waals surface area contributed by atoms with Gasteiger partial charge in [0, 0.05) is 24.4 Å². The molecule has 37 heavy (non-hydrogen) atoms. The number of hydrogen-bond acceptors (Lipinski definition) is 6. The van der Waals surface area contributed by atoms with Crippen LogP contribution in [0.3, 0.4) is 0 Å². The first-order chi connectivity index (χ1) is 18.2. The monoisotopic (exact) mass is 497 g/mol. The third-order valence-electron chi connectivity index (χ3n) is 7.31. The van der Waals surface area contributed by atoms with Crippen LogP contribution in [0.4, 0.5) is 0 Å². The van der Waals surface area contributed by atoms with Crippen LogP contribution in [0, 0.1) is 5.92 Å². The summed E-state index contributed by atoms with van der Waals surface area (Å²) in [4.78, 5) is 18.0. The fraction of sp³-hybridized carbons (Fsp3) is 0.448. The van der Waals surface area contributed by atoms with Crippen molar-refractivity contribution in [2.24, 2.45) is 5.92 Å². The summed E-state index contributed by atoms with van der Waals surface area (Å²) in [6.07, 6.45) is 10.7. The summed E-state index contributed by atoms with van der Waals surface area (Å²) >= 11 is 0. The van der Waals surface area contributed by atoms with Crippen LogP contribution in [-0.2, 0) is 13.0 Å². The Morgan fingerprint density at radius 2 is 1.76 bits per heavy atom. The van der Waals surface area contributed by atoms with Crippen LogP contribution in [0.25, 0.3) is 22.5 Å². The van der Waals surface area contributed by atoms with Gasteiger partial charge >= 0.3 is 0 Å². The van der Waals surface area contributed by atoms with Gasteiger partial charge in [0.05, 0.1) is 0 Å². The molecule has 2 heterocycles. The number of rotatable bonds is 11. The van der Waals surface area contributed by atoms with Crippen molar-refractivity contribution in [2.45, 2.75) is 77.7 Å². The molecule has 4 aromatic rings. The molecule has 0 unspecified atom stereocenters. The summed E-state index contributed by atoms with van der Waals surface area (Å²) < 4.78 is 1.98. The highest BCUT2D eigenvalue weighted by molar-refractivity contribution is 5.94. The SMILES string of the molecule is CCCCCCn1nc(C(=O)C2CCCCC2)nc1Cc1ccc(-c2ccccc2-c2nn[nH]n2)cc1. The van der Waals surface area contributed by atoms with E-state index >= 15 is 0 Å². The van der Waals surface area contributed by atoms with E-state index in [1.165, 1.54) is 19.3 Å². The highest BCUT2D eigenvalue weighted by Crippen LogP contribution is 2.30. The Morgan fingerprint density at radius 3 is 2.49 bits per heavy atom. The standard InChI is InChI=1S/C29H35N7O/c1-2-3-4-10-19-36-26(30-29(33-36)27(37)23-11-6-5-7-12-23)20-21-15-17-22(18-16-21)24-13-8-9-14-25(24)28-31-34-35-32-28/h8-9,13-18,23H,2-7,10-12,19-20H2,1H3,(H,31,32,34,35). The summed E-state index contributed by atoms with van der Waals surface area (Å²) in [7, 11) is 0. The average molecular weight is 498 g/mol. The van der Waals surface area contributed by atoms with Gasteiger partial charge in [-0.1, -0.05) is 94.0 Å². The van der Waals surface area contributed by atoms with Gasteiger partial charge in [-0.05, 0) is 41.2 Å². The van der Waals surface area contributed by atoms with Crippen molar-refractivity contribution in [1.29, 1.82) is 0 Å². The van der Waals surface area contributed by atoms with Crippen LogP contribution in [-0.4, -0.2) is 41.2 Å². The van der Waals surface area contributed by atoms with Gasteiger partial charge in [-0.25, -0.2) is 9.67 Å². The molecule has 5 rings (SSSR count). The zero-order chi connectivity index (χ0) is 25.5. The van der Waals surface area contributed by atoms with Crippen LogP contribution in [0.15, 0.2) is 48.5 Å². The number of carbonyl (C=O) groups excluding carboxylic acids is 1. The minimum Gasteiger partial charge on any atom is -0.290 e. The number of carbonyl (C=O) groups is 1. The molecule has 192 valence electrons. The fourth-order valence-corrected chi connectivity index (χ4v) is 5.21. The predicted molar refractivity (Wildman–Crippen MR) is 143 cm³/mol. The Bertz CT molecular complexity index is 1290. The van der Waals surface area contributed by atoms with Crippen molar-refractivity contribution in [3.63, 3.8) is 0 Å². The first-order valence-electron chi connectivity index (χ1n) is 13.6. The third-order valence-corrected chi connectivity index (χ3v) is 7.31. The van der Waals surface area contributed by atoms with Gasteiger partial charge in [0.15, 0.2) is 0 Å². The molecule has 2 aromatic carbocycles. The second-order valence-corrected chi connectivity index (χ2v) is 9.99. The van der Waals surface area contributed by atoms with Crippen molar-refractivity contribution in [1.82, 2.24) is 35.4 Å². The number of nitrogens with zero attached hydrogens (tertiary/aromatic N) is 6. The van der Waals surface area contributed by atoms with Crippen molar-refractivity contribution in [3.05, 3.63) is 65.7 Å². The van der Waals surface area contributed by atoms with Crippen molar-refractivity contribution in [2.75, 3.05) is 0 Å². The van der Waals surface area contributed by atoms with Gasteiger partial charge in [0.2, 0.25) is 17.4 Å². The Balaban J connectivity index is 1.36. The van der Waals surface area contributed by atoms with Gasteiger partial charge in [-0.3, -0.25) is 4.79 Å². The minimum absolute atomic E-state index is 0.0797. The van der Waals surface area contributed by atoms with E-state index in [2.05, 4.69) is 57.9 Å². The molecule has 1 aliphatic carbocycles. The van der Waals surface area contributed by atoms with Crippen LogP contribution >= 0.6 is 0 Å². The van der Waals surface area contributed by atoms with E-state index in [0.717, 1.165) is 73.1 Å². The van der Waals surface area contributed by atoms with Crippen LogP contribution in [0.5, 0.6) is 0 Å². The molecule has 0 saturated heterocycles. The summed E-state index contributed by atoms with van der Waals surface area (Å²) in [5, 5.41) is 19.2. The first-order valence-corrected chi connectivity index (χ1v) is 13.6. The molecule has 2 aromatic heterocycles. The third kappa shape index (κ3) is 6.01. The maximum Gasteiger partial charge on any atom is 0.217 e. The minimum atomic E-state index is 0.0797. The normalized spacial score (nSPS) is 14.2. The lowest BCUT2D eigenvalue weighted by Gasteiger charge is -2.18. The zero-order valence-corrected chi connectivity index (χ0v) is 21.6. The lowest BCUT2D eigenvalue weighted by Crippen LogP contribution is -2.19. The Kier molecular flexibility index (Phi) is 8.13. The Labute approximate surface area is 217 Å². The number of ketones is 1. The zero-order valence-electron chi connectivity index (χ0n) is 21.6. The molecule has 0 radical (unpaired) electrons. The molecule has 0 spiro atoms. The largest absolute Gasteiger partial charge is 0.290 e. The molecule has 8 heteroatoms. The molecule has 1 fully saturated rings. The topological polar surface area (TPSA) is 102 Å². The number of Topliss-reactive ketones (excluding diaryl/α,β-unsaturated/α-hetero) is 1. The molecule has 0 amide bonds. The fourth-order valence-electron chi connectivity index (χ4n) is 5.21. The quantitative estimate of drug-likeness (QED) is 0.200. The number of aromatic amines is 1. The molecule has 1 aliphatic rings. The van der Waals surface area contributed by atoms with Crippen LogP contribution < -0.4 is 0 Å². The predicted octanol–water partition coefficient (Wildman–Crippen LogP) is 6.06. The smallest absolute Gasteiger partial charge is 0.217 e. The summed E-state index contributed by atoms with van der Waals surface area (Å²) in [6.45, 7) is 3.02. The van der Waals surface area contributed by atoms with Crippen molar-refractivity contribution in [3.8, 4) is 22.5 Å². The van der Waals surface area contributed by atoms with E-state index in [-0.39, 0.29) is 11.7 Å².